The maximum atomic E-state index is 12.1. The Hall–Kier alpha value is -2.22. The summed E-state index contributed by atoms with van der Waals surface area (Å²) in [6.45, 7) is 3.06. The summed E-state index contributed by atoms with van der Waals surface area (Å²) in [4.78, 5) is 14.5. The van der Waals surface area contributed by atoms with Crippen molar-refractivity contribution in [3.63, 3.8) is 0 Å². The van der Waals surface area contributed by atoms with E-state index in [1.54, 1.807) is 0 Å². The maximum Gasteiger partial charge on any atom is 0.246 e. The van der Waals surface area contributed by atoms with Gasteiger partial charge in [-0.1, -0.05) is 48.3 Å². The Morgan fingerprint density at radius 3 is 3.03 bits per heavy atom. The van der Waals surface area contributed by atoms with E-state index in [1.807, 2.05) is 36.4 Å². The molecule has 156 valence electrons. The van der Waals surface area contributed by atoms with Crippen molar-refractivity contribution in [1.29, 1.82) is 0 Å². The van der Waals surface area contributed by atoms with Crippen molar-refractivity contribution < 1.29 is 18.8 Å². The predicted octanol–water partition coefficient (Wildman–Crippen LogP) is 2.62. The molecule has 1 aliphatic heterocycles. The van der Waals surface area contributed by atoms with Crippen LogP contribution < -0.4 is 5.32 Å². The highest BCUT2D eigenvalue weighted by Gasteiger charge is 2.45. The summed E-state index contributed by atoms with van der Waals surface area (Å²) in [5, 5.41) is 7.41. The molecule has 0 bridgehead atoms. The number of carbonyl (C=O) groups excluding carboxylic acids is 1. The molecule has 2 atom stereocenters. The van der Waals surface area contributed by atoms with E-state index in [1.165, 1.54) is 7.11 Å². The first-order valence-corrected chi connectivity index (χ1v) is 10.3. The van der Waals surface area contributed by atoms with Crippen LogP contribution >= 0.6 is 0 Å². The number of ether oxygens (including phenoxy) is 2. The van der Waals surface area contributed by atoms with Crippen LogP contribution in [-0.4, -0.2) is 61.0 Å². The van der Waals surface area contributed by atoms with Gasteiger partial charge in [0.05, 0.1) is 18.3 Å². The van der Waals surface area contributed by atoms with Crippen LogP contribution in [-0.2, 0) is 20.8 Å². The van der Waals surface area contributed by atoms with Crippen LogP contribution in [0.5, 0.6) is 0 Å². The molecule has 7 nitrogen and oxygen atoms in total. The normalized spacial score (nSPS) is 25.2. The number of benzene rings is 1. The Labute approximate surface area is 171 Å². The zero-order chi connectivity index (χ0) is 20.1. The van der Waals surface area contributed by atoms with Gasteiger partial charge in [-0.15, -0.1) is 0 Å². The van der Waals surface area contributed by atoms with Gasteiger partial charge in [0.25, 0.3) is 0 Å². The number of methoxy groups -OCH3 is 1. The molecule has 2 fully saturated rings. The van der Waals surface area contributed by atoms with Crippen LogP contribution in [0.3, 0.4) is 0 Å². The molecule has 29 heavy (non-hydrogen) atoms. The van der Waals surface area contributed by atoms with Gasteiger partial charge in [-0.05, 0) is 12.8 Å². The summed E-state index contributed by atoms with van der Waals surface area (Å²) in [6.07, 6.45) is 4.11. The molecule has 1 spiro atoms. The molecule has 1 saturated heterocycles. The zero-order valence-corrected chi connectivity index (χ0v) is 16.9. The van der Waals surface area contributed by atoms with E-state index in [0.29, 0.717) is 13.2 Å². The summed E-state index contributed by atoms with van der Waals surface area (Å²) in [5.74, 6) is 0.703. The Balaban J connectivity index is 1.43. The number of hydrogen-bond acceptors (Lipinski definition) is 6. The molecule has 4 rings (SSSR count). The van der Waals surface area contributed by atoms with E-state index in [0.717, 1.165) is 55.8 Å². The van der Waals surface area contributed by atoms with E-state index < -0.39 is 0 Å². The standard InChI is InChI=1S/C22H29N3O4/c1-27-15-21(26)23-20-9-5-6-10-22(20)16-25(11-12-28-22)14-18-13-19(29-24-18)17-7-3-2-4-8-17/h2-4,7-8,13,20H,5-6,9-12,14-16H2,1H3,(H,23,26)/t20-,22+/m0/s1. The number of morpholine rings is 1. The van der Waals surface area contributed by atoms with Crippen molar-refractivity contribution in [2.24, 2.45) is 0 Å². The number of rotatable bonds is 6. The second-order valence-electron chi connectivity index (χ2n) is 7.97. The first kappa shape index (κ1) is 20.1. The summed E-state index contributed by atoms with van der Waals surface area (Å²) < 4.78 is 16.8. The van der Waals surface area contributed by atoms with Gasteiger partial charge in [0.15, 0.2) is 5.76 Å². The lowest BCUT2D eigenvalue weighted by Gasteiger charge is -2.49. The molecular weight excluding hydrogens is 370 g/mol. The third-order valence-corrected chi connectivity index (χ3v) is 5.88. The Bertz CT molecular complexity index is 805. The molecule has 1 saturated carbocycles. The minimum atomic E-state index is -0.341. The van der Waals surface area contributed by atoms with E-state index in [4.69, 9.17) is 14.0 Å². The third-order valence-electron chi connectivity index (χ3n) is 5.88. The lowest BCUT2D eigenvalue weighted by atomic mass is 9.78. The molecule has 1 amide bonds. The van der Waals surface area contributed by atoms with Crippen LogP contribution in [0.25, 0.3) is 11.3 Å². The van der Waals surface area contributed by atoms with Gasteiger partial charge < -0.3 is 19.3 Å². The van der Waals surface area contributed by atoms with Crippen LogP contribution in [0.1, 0.15) is 31.4 Å². The molecule has 0 unspecified atom stereocenters. The Morgan fingerprint density at radius 1 is 1.34 bits per heavy atom. The van der Waals surface area contributed by atoms with Gasteiger partial charge in [-0.25, -0.2) is 0 Å². The van der Waals surface area contributed by atoms with E-state index >= 15 is 0 Å². The fourth-order valence-corrected chi connectivity index (χ4v) is 4.51. The number of hydrogen-bond donors (Lipinski definition) is 1. The van der Waals surface area contributed by atoms with Crippen LogP contribution in [0, 0.1) is 0 Å². The number of nitrogens with one attached hydrogen (secondary N) is 1. The van der Waals surface area contributed by atoms with Gasteiger partial charge in [0.2, 0.25) is 5.91 Å². The second kappa shape index (κ2) is 9.07. The minimum Gasteiger partial charge on any atom is -0.375 e. The summed E-state index contributed by atoms with van der Waals surface area (Å²) in [6, 6.07) is 12.0. The lowest BCUT2D eigenvalue weighted by Crippen LogP contribution is -2.64. The van der Waals surface area contributed by atoms with Gasteiger partial charge in [0.1, 0.15) is 12.2 Å². The highest BCUT2D eigenvalue weighted by atomic mass is 16.5. The highest BCUT2D eigenvalue weighted by molar-refractivity contribution is 5.77. The van der Waals surface area contributed by atoms with Crippen LogP contribution in [0.4, 0.5) is 0 Å². The smallest absolute Gasteiger partial charge is 0.246 e. The van der Waals surface area contributed by atoms with Crippen LogP contribution in [0.15, 0.2) is 40.9 Å². The summed E-state index contributed by atoms with van der Waals surface area (Å²) >= 11 is 0. The molecular formula is C22H29N3O4. The first-order chi connectivity index (χ1) is 14.2. The maximum absolute atomic E-state index is 12.1. The van der Waals surface area contributed by atoms with Crippen LogP contribution in [0.2, 0.25) is 0 Å². The molecule has 1 N–H and O–H groups in total. The molecule has 2 aromatic rings. The Kier molecular flexibility index (Phi) is 6.28. The SMILES string of the molecule is COCC(=O)N[C@H]1CCCC[C@@]12CN(Cc1cc(-c3ccccc3)on1)CCO2. The predicted molar refractivity (Wildman–Crippen MR) is 108 cm³/mol. The van der Waals surface area contributed by atoms with Crippen molar-refractivity contribution in [1.82, 2.24) is 15.4 Å². The van der Waals surface area contributed by atoms with E-state index in [2.05, 4.69) is 15.4 Å². The number of aromatic nitrogens is 1. The molecule has 7 heteroatoms. The lowest BCUT2D eigenvalue weighted by molar-refractivity contribution is -0.153. The quantitative estimate of drug-likeness (QED) is 0.805. The average Bonchev–Trinajstić information content (AvgIpc) is 3.19. The minimum absolute atomic E-state index is 0.0129. The topological polar surface area (TPSA) is 76.8 Å². The van der Waals surface area contributed by atoms with Crippen molar-refractivity contribution >= 4 is 5.91 Å². The fourth-order valence-electron chi connectivity index (χ4n) is 4.51. The van der Waals surface area contributed by atoms with E-state index in [9.17, 15) is 4.79 Å². The second-order valence-corrected chi connectivity index (χ2v) is 7.97. The fraction of sp³-hybridized carbons (Fsp3) is 0.545. The summed E-state index contributed by atoms with van der Waals surface area (Å²) in [5.41, 5.74) is 1.60. The number of nitrogens with zero attached hydrogens (tertiary/aromatic N) is 2. The van der Waals surface area contributed by atoms with Gasteiger partial charge in [0, 0.05) is 38.4 Å². The molecule has 1 aromatic carbocycles. The third kappa shape index (κ3) is 4.69. The molecule has 2 heterocycles. The van der Waals surface area contributed by atoms with Gasteiger partial charge >= 0.3 is 0 Å². The molecule has 1 aliphatic carbocycles. The van der Waals surface area contributed by atoms with Crippen molar-refractivity contribution in [3.8, 4) is 11.3 Å². The van der Waals surface area contributed by atoms with Crippen molar-refractivity contribution in [2.45, 2.75) is 43.9 Å². The first-order valence-electron chi connectivity index (χ1n) is 10.3. The van der Waals surface area contributed by atoms with E-state index in [-0.39, 0.29) is 24.2 Å². The molecule has 2 aliphatic rings. The number of amides is 1. The Morgan fingerprint density at radius 2 is 2.21 bits per heavy atom. The van der Waals surface area contributed by atoms with Crippen molar-refractivity contribution in [3.05, 3.63) is 42.1 Å². The average molecular weight is 399 g/mol. The van der Waals surface area contributed by atoms with Gasteiger partial charge in [-0.2, -0.15) is 0 Å². The van der Waals surface area contributed by atoms with Gasteiger partial charge in [-0.3, -0.25) is 9.69 Å². The largest absolute Gasteiger partial charge is 0.375 e. The number of carbonyl (C=O) groups is 1. The summed E-state index contributed by atoms with van der Waals surface area (Å²) in [7, 11) is 1.54. The van der Waals surface area contributed by atoms with Crippen molar-refractivity contribution in [2.75, 3.05) is 33.4 Å². The zero-order valence-electron chi connectivity index (χ0n) is 16.9. The highest BCUT2D eigenvalue weighted by Crippen LogP contribution is 2.35. The monoisotopic (exact) mass is 399 g/mol. The molecule has 0 radical (unpaired) electrons. The molecule has 1 aromatic heterocycles.